The lowest BCUT2D eigenvalue weighted by atomic mass is 10.2. The van der Waals surface area contributed by atoms with Crippen molar-refractivity contribution in [2.24, 2.45) is 0 Å². The van der Waals surface area contributed by atoms with Crippen LogP contribution in [-0.4, -0.2) is 31.7 Å². The minimum atomic E-state index is -0.312. The van der Waals surface area contributed by atoms with Gasteiger partial charge in [-0.05, 0) is 18.6 Å². The summed E-state index contributed by atoms with van der Waals surface area (Å²) in [5.74, 6) is -0.189. The summed E-state index contributed by atoms with van der Waals surface area (Å²) in [5, 5.41) is 6.84. The number of carbonyl (C=O) groups excluding carboxylic acids is 1. The summed E-state index contributed by atoms with van der Waals surface area (Å²) < 4.78 is 5.19. The van der Waals surface area contributed by atoms with Crippen LogP contribution in [0.25, 0.3) is 0 Å². The Bertz CT molecular complexity index is 473. The molecule has 1 aromatic carbocycles. The number of methoxy groups -OCH3 is 1. The quantitative estimate of drug-likeness (QED) is 0.899. The fourth-order valence-corrected chi connectivity index (χ4v) is 2.87. The van der Waals surface area contributed by atoms with Gasteiger partial charge in [-0.2, -0.15) is 0 Å². The van der Waals surface area contributed by atoms with Gasteiger partial charge in [-0.3, -0.25) is 4.79 Å². The van der Waals surface area contributed by atoms with E-state index in [9.17, 15) is 4.79 Å². The topological polar surface area (TPSA) is 50.4 Å². The molecule has 2 atom stereocenters. The maximum atomic E-state index is 12.1. The van der Waals surface area contributed by atoms with Crippen LogP contribution in [0.15, 0.2) is 12.1 Å². The van der Waals surface area contributed by atoms with Crippen LogP contribution in [0.3, 0.4) is 0 Å². The molecule has 1 fully saturated rings. The number of anilines is 1. The average Bonchev–Trinajstić information content (AvgIpc) is 2.82. The molecule has 7 heteroatoms. The van der Waals surface area contributed by atoms with Gasteiger partial charge in [-0.15, -0.1) is 0 Å². The highest BCUT2D eigenvalue weighted by atomic mass is 35.5. The normalized spacial score (nSPS) is 22.5. The van der Waals surface area contributed by atoms with E-state index in [4.69, 9.17) is 39.5 Å². The van der Waals surface area contributed by atoms with Crippen LogP contribution in [0.2, 0.25) is 15.1 Å². The van der Waals surface area contributed by atoms with Crippen LogP contribution < -0.4 is 10.6 Å². The number of ether oxygens (including phenoxy) is 1. The Balaban J connectivity index is 2.08. The lowest BCUT2D eigenvalue weighted by Gasteiger charge is -2.14. The van der Waals surface area contributed by atoms with Crippen LogP contribution in [0, 0.1) is 0 Å². The molecule has 104 valence electrons. The van der Waals surface area contributed by atoms with Crippen LogP contribution in [0.1, 0.15) is 6.42 Å². The van der Waals surface area contributed by atoms with Gasteiger partial charge < -0.3 is 15.4 Å². The molecule has 1 aliphatic heterocycles. The maximum absolute atomic E-state index is 12.1. The summed E-state index contributed by atoms with van der Waals surface area (Å²) in [5.41, 5.74) is 0.375. The van der Waals surface area contributed by atoms with Gasteiger partial charge in [0, 0.05) is 18.7 Å². The van der Waals surface area contributed by atoms with Gasteiger partial charge in [0.15, 0.2) is 0 Å². The molecular weight excluding hydrogens is 311 g/mol. The fraction of sp³-hybridized carbons (Fsp3) is 0.417. The molecule has 4 nitrogen and oxygen atoms in total. The predicted molar refractivity (Wildman–Crippen MR) is 77.3 cm³/mol. The number of hydrogen-bond acceptors (Lipinski definition) is 3. The van der Waals surface area contributed by atoms with Crippen molar-refractivity contribution in [2.45, 2.75) is 18.6 Å². The van der Waals surface area contributed by atoms with Crippen molar-refractivity contribution in [3.63, 3.8) is 0 Å². The maximum Gasteiger partial charge on any atom is 0.241 e. The van der Waals surface area contributed by atoms with Gasteiger partial charge in [0.25, 0.3) is 0 Å². The van der Waals surface area contributed by atoms with Crippen LogP contribution in [0.4, 0.5) is 5.69 Å². The summed E-state index contributed by atoms with van der Waals surface area (Å²) >= 11 is 17.8. The first-order valence-electron chi connectivity index (χ1n) is 5.73. The molecular formula is C12H13Cl3N2O2. The summed E-state index contributed by atoms with van der Waals surface area (Å²) in [4.78, 5) is 12.1. The van der Waals surface area contributed by atoms with E-state index < -0.39 is 0 Å². The van der Waals surface area contributed by atoms with Gasteiger partial charge in [0.2, 0.25) is 5.91 Å². The fourth-order valence-electron chi connectivity index (χ4n) is 1.95. The molecule has 2 unspecified atom stereocenters. The Labute approximate surface area is 126 Å². The first-order chi connectivity index (χ1) is 9.01. The van der Waals surface area contributed by atoms with Crippen LogP contribution in [-0.2, 0) is 9.53 Å². The second-order valence-electron chi connectivity index (χ2n) is 4.29. The highest BCUT2D eigenvalue weighted by Crippen LogP contribution is 2.33. The van der Waals surface area contributed by atoms with Gasteiger partial charge in [0.1, 0.15) is 0 Å². The summed E-state index contributed by atoms with van der Waals surface area (Å²) in [7, 11) is 1.62. The molecule has 2 rings (SSSR count). The van der Waals surface area contributed by atoms with Gasteiger partial charge in [0.05, 0.1) is 27.9 Å². The third-order valence-electron chi connectivity index (χ3n) is 3.00. The minimum absolute atomic E-state index is 0.0481. The van der Waals surface area contributed by atoms with E-state index in [1.807, 2.05) is 0 Å². The smallest absolute Gasteiger partial charge is 0.241 e. The highest BCUT2D eigenvalue weighted by Gasteiger charge is 2.29. The average molecular weight is 324 g/mol. The van der Waals surface area contributed by atoms with E-state index in [2.05, 4.69) is 10.6 Å². The number of carbonyl (C=O) groups is 1. The number of halogens is 3. The van der Waals surface area contributed by atoms with E-state index >= 15 is 0 Å². The van der Waals surface area contributed by atoms with E-state index in [1.165, 1.54) is 12.1 Å². The summed E-state index contributed by atoms with van der Waals surface area (Å²) in [6.07, 6.45) is 0.664. The van der Waals surface area contributed by atoms with E-state index in [1.54, 1.807) is 7.11 Å². The third kappa shape index (κ3) is 3.52. The van der Waals surface area contributed by atoms with Gasteiger partial charge >= 0.3 is 0 Å². The Kier molecular flexibility index (Phi) is 4.92. The van der Waals surface area contributed by atoms with Gasteiger partial charge in [-0.1, -0.05) is 34.8 Å². The molecule has 19 heavy (non-hydrogen) atoms. The molecule has 1 aromatic rings. The molecule has 1 aliphatic rings. The zero-order chi connectivity index (χ0) is 14.0. The summed E-state index contributed by atoms with van der Waals surface area (Å²) in [6.45, 7) is 0.649. The molecule has 0 bridgehead atoms. The highest BCUT2D eigenvalue weighted by molar-refractivity contribution is 6.42. The second kappa shape index (κ2) is 6.29. The Morgan fingerprint density at radius 1 is 1.37 bits per heavy atom. The van der Waals surface area contributed by atoms with Crippen molar-refractivity contribution in [1.29, 1.82) is 0 Å². The number of hydrogen-bond donors (Lipinski definition) is 2. The largest absolute Gasteiger partial charge is 0.380 e. The molecule has 0 spiro atoms. The Hall–Kier alpha value is -0.520. The molecule has 1 saturated heterocycles. The zero-order valence-corrected chi connectivity index (χ0v) is 12.4. The second-order valence-corrected chi connectivity index (χ2v) is 5.54. The number of amides is 1. The van der Waals surface area contributed by atoms with Crippen molar-refractivity contribution >= 4 is 46.4 Å². The van der Waals surface area contributed by atoms with E-state index in [0.717, 1.165) is 0 Å². The minimum Gasteiger partial charge on any atom is -0.380 e. The molecule has 0 radical (unpaired) electrons. The first-order valence-corrected chi connectivity index (χ1v) is 6.86. The van der Waals surface area contributed by atoms with E-state index in [0.29, 0.717) is 33.7 Å². The SMILES string of the molecule is COC1CNC(C(=O)Nc2c(Cl)cc(Cl)cc2Cl)C1. The molecule has 0 aliphatic carbocycles. The van der Waals surface area contributed by atoms with Crippen LogP contribution in [0.5, 0.6) is 0 Å². The van der Waals surface area contributed by atoms with Crippen molar-refractivity contribution in [1.82, 2.24) is 5.32 Å². The Morgan fingerprint density at radius 2 is 2.00 bits per heavy atom. The number of nitrogens with one attached hydrogen (secondary N) is 2. The predicted octanol–water partition coefficient (Wildman–Crippen LogP) is 2.96. The Morgan fingerprint density at radius 3 is 2.53 bits per heavy atom. The molecule has 0 saturated carbocycles. The number of rotatable bonds is 3. The number of benzene rings is 1. The monoisotopic (exact) mass is 322 g/mol. The first kappa shape index (κ1) is 14.9. The standard InChI is InChI=1S/C12H13Cl3N2O2/c1-19-7-4-10(16-5-7)12(18)17-11-8(14)2-6(13)3-9(11)15/h2-3,7,10,16H,4-5H2,1H3,(H,17,18). The van der Waals surface area contributed by atoms with Crippen molar-refractivity contribution < 1.29 is 9.53 Å². The lowest BCUT2D eigenvalue weighted by molar-refractivity contribution is -0.118. The van der Waals surface area contributed by atoms with Crippen molar-refractivity contribution in [3.05, 3.63) is 27.2 Å². The van der Waals surface area contributed by atoms with Gasteiger partial charge in [-0.25, -0.2) is 0 Å². The van der Waals surface area contributed by atoms with Crippen molar-refractivity contribution in [2.75, 3.05) is 19.0 Å². The van der Waals surface area contributed by atoms with E-state index in [-0.39, 0.29) is 18.1 Å². The summed E-state index contributed by atoms with van der Waals surface area (Å²) in [6, 6.07) is 2.75. The third-order valence-corrected chi connectivity index (χ3v) is 3.81. The van der Waals surface area contributed by atoms with Crippen molar-refractivity contribution in [3.8, 4) is 0 Å². The van der Waals surface area contributed by atoms with Crippen LogP contribution >= 0.6 is 34.8 Å². The zero-order valence-electron chi connectivity index (χ0n) is 10.2. The molecule has 0 aromatic heterocycles. The lowest BCUT2D eigenvalue weighted by Crippen LogP contribution is -2.35. The molecule has 1 heterocycles. The molecule has 2 N–H and O–H groups in total. The molecule has 1 amide bonds.